The van der Waals surface area contributed by atoms with Crippen LogP contribution in [0.2, 0.25) is 0 Å². The van der Waals surface area contributed by atoms with E-state index in [1.165, 1.54) is 32.2 Å². The lowest BCUT2D eigenvalue weighted by Crippen LogP contribution is -2.49. The smallest absolute Gasteiger partial charge is 0.312 e. The Kier molecular flexibility index (Phi) is 3.06. The van der Waals surface area contributed by atoms with Gasteiger partial charge in [-0.3, -0.25) is 4.79 Å². The Balaban J connectivity index is 2.01. The maximum atomic E-state index is 10.7. The highest BCUT2D eigenvalue weighted by Gasteiger charge is 2.34. The lowest BCUT2D eigenvalue weighted by atomic mass is 9.95. The van der Waals surface area contributed by atoms with Crippen LogP contribution in [0.3, 0.4) is 0 Å². The molecule has 2 aliphatic rings. The minimum Gasteiger partial charge on any atom is -0.330 e. The molecule has 0 N–H and O–H groups in total. The van der Waals surface area contributed by atoms with Crippen molar-refractivity contribution < 1.29 is 4.79 Å². The normalized spacial score (nSPS) is 34.8. The Bertz CT molecular complexity index is 207. The highest BCUT2D eigenvalue weighted by atomic mass is 16.1. The first kappa shape index (κ1) is 9.97. The van der Waals surface area contributed by atoms with Crippen LogP contribution in [0.1, 0.15) is 32.1 Å². The zero-order valence-electron chi connectivity index (χ0n) is 8.91. The van der Waals surface area contributed by atoms with Crippen molar-refractivity contribution in [2.75, 3.05) is 20.1 Å². The Morgan fingerprint density at radius 2 is 1.86 bits per heavy atom. The molecule has 3 heteroatoms. The molecule has 1 radical (unpaired) electrons. The van der Waals surface area contributed by atoms with E-state index >= 15 is 0 Å². The molecule has 2 atom stereocenters. The first-order valence-corrected chi connectivity index (χ1v) is 5.67. The zero-order valence-corrected chi connectivity index (χ0v) is 8.91. The summed E-state index contributed by atoms with van der Waals surface area (Å²) in [6, 6.07) is 1.03. The van der Waals surface area contributed by atoms with Crippen LogP contribution in [0.5, 0.6) is 0 Å². The van der Waals surface area contributed by atoms with Crippen LogP contribution < -0.4 is 0 Å². The van der Waals surface area contributed by atoms with E-state index in [2.05, 4.69) is 18.4 Å². The van der Waals surface area contributed by atoms with Gasteiger partial charge in [0.25, 0.3) is 0 Å². The third kappa shape index (κ3) is 1.78. The van der Waals surface area contributed by atoms with Gasteiger partial charge in [0.15, 0.2) is 0 Å². The molecule has 2 saturated heterocycles. The summed E-state index contributed by atoms with van der Waals surface area (Å²) in [6.45, 7) is 2.10. The molecule has 2 aliphatic heterocycles. The van der Waals surface area contributed by atoms with Gasteiger partial charge < -0.3 is 9.80 Å². The molecule has 2 heterocycles. The van der Waals surface area contributed by atoms with E-state index in [9.17, 15) is 4.79 Å². The molecule has 79 valence electrons. The predicted molar refractivity (Wildman–Crippen MR) is 55.7 cm³/mol. The van der Waals surface area contributed by atoms with E-state index in [-0.39, 0.29) is 0 Å². The number of likely N-dealkylation sites (N-methyl/N-ethyl adjacent to an activating group) is 1. The average Bonchev–Trinajstić information content (AvgIpc) is 2.66. The second kappa shape index (κ2) is 4.30. The molecule has 0 spiro atoms. The van der Waals surface area contributed by atoms with Crippen LogP contribution in [-0.4, -0.2) is 48.4 Å². The van der Waals surface area contributed by atoms with E-state index in [1.54, 1.807) is 0 Å². The van der Waals surface area contributed by atoms with Gasteiger partial charge in [0.1, 0.15) is 0 Å². The molecule has 0 aliphatic carbocycles. The van der Waals surface area contributed by atoms with Crippen LogP contribution in [-0.2, 0) is 4.79 Å². The van der Waals surface area contributed by atoms with Crippen molar-refractivity contribution in [1.29, 1.82) is 0 Å². The fraction of sp³-hybridized carbons (Fsp3) is 0.909. The number of piperidine rings is 1. The lowest BCUT2D eigenvalue weighted by Gasteiger charge is -2.38. The van der Waals surface area contributed by atoms with Crippen molar-refractivity contribution >= 4 is 6.41 Å². The van der Waals surface area contributed by atoms with Gasteiger partial charge in [-0.05, 0) is 39.3 Å². The molecule has 0 aromatic rings. The molecule has 2 fully saturated rings. The highest BCUT2D eigenvalue weighted by Crippen LogP contribution is 2.27. The summed E-state index contributed by atoms with van der Waals surface area (Å²) in [5.41, 5.74) is 0. The van der Waals surface area contributed by atoms with Crippen LogP contribution in [0, 0.1) is 0 Å². The van der Waals surface area contributed by atoms with Gasteiger partial charge in [-0.2, -0.15) is 0 Å². The highest BCUT2D eigenvalue weighted by molar-refractivity contribution is 5.49. The van der Waals surface area contributed by atoms with E-state index in [0.29, 0.717) is 12.1 Å². The van der Waals surface area contributed by atoms with Crippen molar-refractivity contribution in [3.8, 4) is 0 Å². The van der Waals surface area contributed by atoms with E-state index in [1.807, 2.05) is 4.90 Å². The molecule has 14 heavy (non-hydrogen) atoms. The summed E-state index contributed by atoms with van der Waals surface area (Å²) in [5, 5.41) is 0. The Hall–Kier alpha value is -0.570. The fourth-order valence-corrected chi connectivity index (χ4v) is 2.89. The second-order valence-electron chi connectivity index (χ2n) is 4.54. The fourth-order valence-electron chi connectivity index (χ4n) is 2.89. The monoisotopic (exact) mass is 195 g/mol. The summed E-state index contributed by atoms with van der Waals surface area (Å²) in [5.74, 6) is 0. The third-order valence-corrected chi connectivity index (χ3v) is 3.69. The number of likely N-dealkylation sites (tertiary alicyclic amines) is 2. The topological polar surface area (TPSA) is 23.6 Å². The minimum atomic E-state index is 0.442. The van der Waals surface area contributed by atoms with Gasteiger partial charge in [-0.15, -0.1) is 0 Å². The molecular weight excluding hydrogens is 176 g/mol. The number of hydrogen-bond donors (Lipinski definition) is 0. The van der Waals surface area contributed by atoms with Crippen LogP contribution in [0.4, 0.5) is 0 Å². The van der Waals surface area contributed by atoms with Crippen molar-refractivity contribution in [2.24, 2.45) is 0 Å². The molecule has 2 rings (SSSR count). The number of nitrogens with zero attached hydrogens (tertiary/aromatic N) is 2. The lowest BCUT2D eigenvalue weighted by molar-refractivity contribution is 0.120. The summed E-state index contributed by atoms with van der Waals surface area (Å²) >= 11 is 0. The standard InChI is InChI=1S/C11H19N2O/c1-12-7-3-2-5-10(12)11-6-4-8-13(11)9-14/h10-11H,2-8H2,1H3. The molecule has 2 unspecified atom stereocenters. The molecular formula is C11H19N2O. The third-order valence-electron chi connectivity index (χ3n) is 3.69. The van der Waals surface area contributed by atoms with Gasteiger partial charge in [0, 0.05) is 18.6 Å². The summed E-state index contributed by atoms with van der Waals surface area (Å²) < 4.78 is 0. The number of hydrogen-bond acceptors (Lipinski definition) is 2. The molecule has 0 bridgehead atoms. The first-order chi connectivity index (χ1) is 6.83. The SMILES string of the molecule is CN1CCCCC1C1CCCN1[C]=O. The Morgan fingerprint density at radius 1 is 1.07 bits per heavy atom. The number of amides is 1. The first-order valence-electron chi connectivity index (χ1n) is 5.67. The predicted octanol–water partition coefficient (Wildman–Crippen LogP) is 1.00. The second-order valence-corrected chi connectivity index (χ2v) is 4.54. The molecule has 3 nitrogen and oxygen atoms in total. The van der Waals surface area contributed by atoms with Gasteiger partial charge in [0.05, 0.1) is 0 Å². The van der Waals surface area contributed by atoms with Crippen molar-refractivity contribution in [1.82, 2.24) is 9.80 Å². The Morgan fingerprint density at radius 3 is 2.57 bits per heavy atom. The van der Waals surface area contributed by atoms with Crippen LogP contribution in [0.25, 0.3) is 0 Å². The van der Waals surface area contributed by atoms with Crippen molar-refractivity contribution in [2.45, 2.75) is 44.2 Å². The maximum absolute atomic E-state index is 10.7. The largest absolute Gasteiger partial charge is 0.330 e. The summed E-state index contributed by atoms with van der Waals surface area (Å²) in [6.07, 6.45) is 8.29. The quantitative estimate of drug-likeness (QED) is 0.656. The molecule has 1 amide bonds. The zero-order chi connectivity index (χ0) is 9.97. The molecule has 0 aromatic heterocycles. The maximum Gasteiger partial charge on any atom is 0.312 e. The van der Waals surface area contributed by atoms with Crippen molar-refractivity contribution in [3.63, 3.8) is 0 Å². The van der Waals surface area contributed by atoms with E-state index < -0.39 is 0 Å². The van der Waals surface area contributed by atoms with Crippen LogP contribution in [0.15, 0.2) is 0 Å². The molecule has 0 saturated carbocycles. The van der Waals surface area contributed by atoms with Crippen LogP contribution >= 0.6 is 0 Å². The number of rotatable bonds is 2. The summed E-state index contributed by atoms with van der Waals surface area (Å²) in [4.78, 5) is 15.1. The van der Waals surface area contributed by atoms with E-state index in [4.69, 9.17) is 0 Å². The van der Waals surface area contributed by atoms with E-state index in [0.717, 1.165) is 13.0 Å². The number of carbonyl (C=O) groups excluding carboxylic acids is 1. The average molecular weight is 195 g/mol. The van der Waals surface area contributed by atoms with Gasteiger partial charge >= 0.3 is 6.41 Å². The van der Waals surface area contributed by atoms with Gasteiger partial charge in [-0.25, -0.2) is 0 Å². The summed E-state index contributed by atoms with van der Waals surface area (Å²) in [7, 11) is 2.19. The van der Waals surface area contributed by atoms with Gasteiger partial charge in [-0.1, -0.05) is 6.42 Å². The minimum absolute atomic E-state index is 0.442. The van der Waals surface area contributed by atoms with Crippen molar-refractivity contribution in [3.05, 3.63) is 0 Å². The van der Waals surface area contributed by atoms with Gasteiger partial charge in [0.2, 0.25) is 0 Å². The Labute approximate surface area is 86.1 Å². The molecule has 0 aromatic carbocycles.